The summed E-state index contributed by atoms with van der Waals surface area (Å²) in [4.78, 5) is 9.10. The van der Waals surface area contributed by atoms with Crippen LogP contribution in [0.15, 0.2) is 82.8 Å². The number of ether oxygens (including phenoxy) is 18. The Balaban J connectivity index is 1.13. The van der Waals surface area contributed by atoms with Crippen LogP contribution in [0.4, 0.5) is 0 Å². The van der Waals surface area contributed by atoms with Crippen molar-refractivity contribution in [3.63, 3.8) is 0 Å². The summed E-state index contributed by atoms with van der Waals surface area (Å²) in [5.41, 5.74) is 4.02. The van der Waals surface area contributed by atoms with E-state index in [-0.39, 0.29) is 23.0 Å². The van der Waals surface area contributed by atoms with Gasteiger partial charge in [-0.3, -0.25) is 9.98 Å². The van der Waals surface area contributed by atoms with Gasteiger partial charge in [-0.2, -0.15) is 0 Å². The van der Waals surface area contributed by atoms with E-state index in [0.29, 0.717) is 221 Å². The molecule has 0 fully saturated rings. The first-order valence-electron chi connectivity index (χ1n) is 27.7. The third-order valence-electron chi connectivity index (χ3n) is 11.4. The third-order valence-corrected chi connectivity index (χ3v) is 11.4. The van der Waals surface area contributed by atoms with E-state index in [2.05, 4.69) is 9.98 Å². The minimum Gasteiger partial charge on any atom is -0.504 e. The van der Waals surface area contributed by atoms with Gasteiger partial charge in [0.25, 0.3) is 0 Å². The smallest absolute Gasteiger partial charge is 0.166 e. The molecule has 4 rings (SSSR count). The molecule has 82 heavy (non-hydrogen) atoms. The van der Waals surface area contributed by atoms with Crippen molar-refractivity contribution in [1.82, 2.24) is 0 Å². The van der Waals surface area contributed by atoms with E-state index in [1.807, 2.05) is 60.7 Å². The SMILES string of the molecule is COCCOCCOCCOCCOCCOCCOCCOc1ccccc1-c1cc(C=NCCN=Cc2cc(-c3ccccc3OCCOCCOCCOCCOCCOCCOCCOC)cc(OC)c2O)c(O)c(OC)c1. The number of benzene rings is 4. The summed E-state index contributed by atoms with van der Waals surface area (Å²) in [5.74, 6) is 1.74. The van der Waals surface area contributed by atoms with Crippen LogP contribution >= 0.6 is 0 Å². The highest BCUT2D eigenvalue weighted by molar-refractivity contribution is 5.90. The summed E-state index contributed by atoms with van der Waals surface area (Å²) in [6.07, 6.45) is 3.16. The Morgan fingerprint density at radius 3 is 0.841 bits per heavy atom. The van der Waals surface area contributed by atoms with Gasteiger partial charge in [-0.05, 0) is 47.5 Å². The van der Waals surface area contributed by atoms with Crippen LogP contribution in [0.1, 0.15) is 11.1 Å². The first-order chi connectivity index (χ1) is 40.5. The van der Waals surface area contributed by atoms with Gasteiger partial charge in [-0.1, -0.05) is 36.4 Å². The molecule has 22 nitrogen and oxygen atoms in total. The lowest BCUT2D eigenvalue weighted by Crippen LogP contribution is -2.15. The van der Waals surface area contributed by atoms with Gasteiger partial charge >= 0.3 is 0 Å². The molecule has 0 radical (unpaired) electrons. The Morgan fingerprint density at radius 2 is 0.573 bits per heavy atom. The normalized spacial score (nSPS) is 11.6. The molecule has 4 aromatic rings. The summed E-state index contributed by atoms with van der Waals surface area (Å²) in [6, 6.07) is 22.4. The van der Waals surface area contributed by atoms with Gasteiger partial charge in [0.1, 0.15) is 24.7 Å². The van der Waals surface area contributed by atoms with Crippen LogP contribution in [0.2, 0.25) is 0 Å². The molecule has 0 aliphatic heterocycles. The average Bonchev–Trinajstić information content (AvgIpc) is 3.59. The number of hydrogen-bond donors (Lipinski definition) is 2. The molecular formula is C60H88N2O20. The lowest BCUT2D eigenvalue weighted by Gasteiger charge is -2.14. The minimum absolute atomic E-state index is 0.0518. The molecule has 0 aliphatic rings. The first-order valence-corrected chi connectivity index (χ1v) is 27.7. The molecule has 0 aromatic heterocycles. The number of aromatic hydroxyl groups is 2. The highest BCUT2D eigenvalue weighted by atomic mass is 16.6. The Hall–Kier alpha value is -5.54. The molecular weight excluding hydrogens is 1070 g/mol. The van der Waals surface area contributed by atoms with Gasteiger partial charge in [0.05, 0.1) is 199 Å². The Kier molecular flexibility index (Phi) is 39.4. The van der Waals surface area contributed by atoms with Gasteiger partial charge in [0.15, 0.2) is 23.0 Å². The van der Waals surface area contributed by atoms with E-state index in [9.17, 15) is 10.2 Å². The summed E-state index contributed by atoms with van der Waals surface area (Å²) in [6.45, 7) is 13.6. The lowest BCUT2D eigenvalue weighted by molar-refractivity contribution is -0.0199. The topological polar surface area (TPSA) is 231 Å². The standard InChI is InChI=1S/C60H88N2O20/c1-65-15-17-69-19-21-71-23-25-73-27-29-75-31-33-77-35-37-79-39-41-81-55-11-7-5-9-53(55)49-43-51(59(63)57(45-49)67-3)47-61-13-14-62-48-52-44-50(46-58(68-4)60(52)64)54-10-6-8-12-56(54)82-42-40-80-38-36-78-34-32-76-30-28-74-26-24-72-22-20-70-18-16-66-2/h5-12,43-48,63-64H,13-42H2,1-4H3. The molecule has 2 N–H and O–H groups in total. The fraction of sp³-hybridized carbons (Fsp3) is 0.567. The highest BCUT2D eigenvalue weighted by Crippen LogP contribution is 2.39. The zero-order valence-electron chi connectivity index (χ0n) is 48.4. The lowest BCUT2D eigenvalue weighted by atomic mass is 10.0. The van der Waals surface area contributed by atoms with E-state index in [0.717, 1.165) is 22.3 Å². The fourth-order valence-corrected chi connectivity index (χ4v) is 7.29. The zero-order chi connectivity index (χ0) is 58.2. The monoisotopic (exact) mass is 1160 g/mol. The molecule has 0 unspecified atom stereocenters. The summed E-state index contributed by atoms with van der Waals surface area (Å²) < 4.78 is 99.6. The van der Waals surface area contributed by atoms with Crippen LogP contribution in [-0.2, 0) is 66.3 Å². The van der Waals surface area contributed by atoms with Crippen molar-refractivity contribution in [3.8, 4) is 56.8 Å². The zero-order valence-corrected chi connectivity index (χ0v) is 48.4. The van der Waals surface area contributed by atoms with Crippen LogP contribution in [0.5, 0.6) is 34.5 Å². The van der Waals surface area contributed by atoms with E-state index in [1.54, 1.807) is 38.8 Å². The number of phenols is 2. The Labute approximate surface area is 483 Å². The molecule has 0 bridgehead atoms. The molecule has 0 heterocycles. The van der Waals surface area contributed by atoms with Crippen LogP contribution in [0.3, 0.4) is 0 Å². The minimum atomic E-state index is -0.0518. The number of phenolic OH excluding ortho intramolecular Hbond substituents is 2. The van der Waals surface area contributed by atoms with Gasteiger partial charge in [0.2, 0.25) is 0 Å². The summed E-state index contributed by atoms with van der Waals surface area (Å²) in [7, 11) is 6.27. The number of methoxy groups -OCH3 is 4. The maximum Gasteiger partial charge on any atom is 0.166 e. The van der Waals surface area contributed by atoms with Crippen molar-refractivity contribution in [2.75, 3.05) is 227 Å². The van der Waals surface area contributed by atoms with E-state index < -0.39 is 0 Å². The van der Waals surface area contributed by atoms with E-state index in [4.69, 9.17) is 85.3 Å². The molecule has 0 atom stereocenters. The predicted molar refractivity (Wildman–Crippen MR) is 310 cm³/mol. The number of para-hydroxylation sites is 2. The second kappa shape index (κ2) is 46.9. The van der Waals surface area contributed by atoms with E-state index >= 15 is 0 Å². The highest BCUT2D eigenvalue weighted by Gasteiger charge is 2.16. The van der Waals surface area contributed by atoms with Crippen LogP contribution in [0.25, 0.3) is 22.3 Å². The van der Waals surface area contributed by atoms with Crippen molar-refractivity contribution >= 4 is 12.4 Å². The molecule has 0 aliphatic carbocycles. The second-order valence-electron chi connectivity index (χ2n) is 17.3. The average molecular weight is 1160 g/mol. The number of rotatable bonds is 53. The van der Waals surface area contributed by atoms with Crippen molar-refractivity contribution in [1.29, 1.82) is 0 Å². The van der Waals surface area contributed by atoms with Gasteiger partial charge in [0, 0.05) is 48.9 Å². The first kappa shape index (κ1) is 69.0. The largest absolute Gasteiger partial charge is 0.504 e. The maximum absolute atomic E-state index is 11.1. The number of aliphatic imine (C=N–C) groups is 2. The predicted octanol–water partition coefficient (Wildman–Crippen LogP) is 6.24. The van der Waals surface area contributed by atoms with E-state index in [1.165, 1.54) is 14.2 Å². The maximum atomic E-state index is 11.1. The van der Waals surface area contributed by atoms with Crippen molar-refractivity contribution in [2.45, 2.75) is 0 Å². The molecule has 0 amide bonds. The molecule has 0 saturated carbocycles. The van der Waals surface area contributed by atoms with Crippen LogP contribution in [-0.4, -0.2) is 249 Å². The van der Waals surface area contributed by atoms with Crippen molar-refractivity contribution in [3.05, 3.63) is 83.9 Å². The Morgan fingerprint density at radius 1 is 0.317 bits per heavy atom. The second-order valence-corrected chi connectivity index (χ2v) is 17.3. The number of nitrogens with zero attached hydrogens (tertiary/aromatic N) is 2. The van der Waals surface area contributed by atoms with Gasteiger partial charge in [-0.25, -0.2) is 0 Å². The summed E-state index contributed by atoms with van der Waals surface area (Å²) >= 11 is 0. The van der Waals surface area contributed by atoms with Crippen LogP contribution < -0.4 is 18.9 Å². The third kappa shape index (κ3) is 30.1. The van der Waals surface area contributed by atoms with Crippen LogP contribution in [0, 0.1) is 0 Å². The summed E-state index contributed by atoms with van der Waals surface area (Å²) in [5, 5.41) is 22.1. The quantitative estimate of drug-likeness (QED) is 0.0368. The molecule has 4 aromatic carbocycles. The van der Waals surface area contributed by atoms with Crippen molar-refractivity contribution < 1.29 is 95.5 Å². The van der Waals surface area contributed by atoms with Crippen molar-refractivity contribution in [2.24, 2.45) is 9.98 Å². The van der Waals surface area contributed by atoms with Gasteiger partial charge in [-0.15, -0.1) is 0 Å². The molecule has 0 saturated heterocycles. The molecule has 0 spiro atoms. The van der Waals surface area contributed by atoms with Gasteiger partial charge < -0.3 is 95.5 Å². The molecule has 22 heteroatoms. The fourth-order valence-electron chi connectivity index (χ4n) is 7.29. The molecule has 458 valence electrons. The Bertz CT molecular complexity index is 2130. The number of hydrogen-bond acceptors (Lipinski definition) is 22.